The van der Waals surface area contributed by atoms with Crippen LogP contribution in [0.25, 0.3) is 0 Å². The van der Waals surface area contributed by atoms with Gasteiger partial charge in [0.05, 0.1) is 25.4 Å². The molecule has 0 aromatic carbocycles. The van der Waals surface area contributed by atoms with Crippen LogP contribution in [0.1, 0.15) is 0 Å². The third-order valence-corrected chi connectivity index (χ3v) is 2.85. The molecule has 0 aliphatic carbocycles. The first-order valence-electron chi connectivity index (χ1n) is 3.28. The van der Waals surface area contributed by atoms with Gasteiger partial charge in [0.1, 0.15) is 0 Å². The normalized spacial score (nSPS) is 42.7. The van der Waals surface area contributed by atoms with Crippen molar-refractivity contribution in [2.75, 3.05) is 24.7 Å². The van der Waals surface area contributed by atoms with Crippen molar-refractivity contribution >= 4 is 11.8 Å². The van der Waals surface area contributed by atoms with Crippen LogP contribution in [-0.2, 0) is 9.47 Å². The molecule has 0 aromatic heterocycles. The lowest BCUT2D eigenvalue weighted by atomic mass is 10.2. The Labute approximate surface area is 58.9 Å². The van der Waals surface area contributed by atoms with Crippen molar-refractivity contribution in [3.8, 4) is 0 Å². The Morgan fingerprint density at radius 1 is 1.00 bits per heavy atom. The zero-order valence-electron chi connectivity index (χ0n) is 5.21. The zero-order chi connectivity index (χ0) is 6.10. The van der Waals surface area contributed by atoms with Crippen molar-refractivity contribution in [2.24, 2.45) is 0 Å². The van der Waals surface area contributed by atoms with Crippen molar-refractivity contribution in [1.29, 1.82) is 0 Å². The van der Waals surface area contributed by atoms with Crippen molar-refractivity contribution in [3.63, 3.8) is 0 Å². The highest BCUT2D eigenvalue weighted by molar-refractivity contribution is 7.99. The summed E-state index contributed by atoms with van der Waals surface area (Å²) >= 11 is 1.93. The van der Waals surface area contributed by atoms with Crippen molar-refractivity contribution in [1.82, 2.24) is 0 Å². The van der Waals surface area contributed by atoms with Gasteiger partial charge in [-0.05, 0) is 0 Å². The summed E-state index contributed by atoms with van der Waals surface area (Å²) in [5.74, 6) is 2.26. The third-order valence-electron chi connectivity index (χ3n) is 1.73. The summed E-state index contributed by atoms with van der Waals surface area (Å²) < 4.78 is 10.9. The van der Waals surface area contributed by atoms with E-state index in [2.05, 4.69) is 0 Å². The number of hydrogen-bond acceptors (Lipinski definition) is 3. The monoisotopic (exact) mass is 146 g/mol. The molecular formula is C6H10O2S. The van der Waals surface area contributed by atoms with Gasteiger partial charge in [-0.1, -0.05) is 0 Å². The molecule has 52 valence electrons. The van der Waals surface area contributed by atoms with E-state index in [9.17, 15) is 0 Å². The zero-order valence-corrected chi connectivity index (χ0v) is 6.02. The summed E-state index contributed by atoms with van der Waals surface area (Å²) in [6.45, 7) is 1.59. The molecule has 9 heavy (non-hydrogen) atoms. The smallest absolute Gasteiger partial charge is 0.0936 e. The topological polar surface area (TPSA) is 18.5 Å². The van der Waals surface area contributed by atoms with Crippen LogP contribution in [0.2, 0.25) is 0 Å². The van der Waals surface area contributed by atoms with E-state index >= 15 is 0 Å². The molecule has 2 rings (SSSR count). The van der Waals surface area contributed by atoms with Crippen LogP contribution in [0.15, 0.2) is 0 Å². The van der Waals surface area contributed by atoms with Gasteiger partial charge in [-0.3, -0.25) is 0 Å². The minimum absolute atomic E-state index is 0.406. The predicted octanol–water partition coefficient (Wildman–Crippen LogP) is 0.517. The molecule has 0 amide bonds. The van der Waals surface area contributed by atoms with Gasteiger partial charge in [-0.25, -0.2) is 0 Å². The van der Waals surface area contributed by atoms with Crippen molar-refractivity contribution < 1.29 is 9.47 Å². The third kappa shape index (κ3) is 1.09. The molecule has 0 saturated carbocycles. The number of hydrogen-bond donors (Lipinski definition) is 0. The van der Waals surface area contributed by atoms with Gasteiger partial charge in [0.25, 0.3) is 0 Å². The molecule has 2 fully saturated rings. The van der Waals surface area contributed by atoms with E-state index in [4.69, 9.17) is 9.47 Å². The Balaban J connectivity index is 1.97. The quantitative estimate of drug-likeness (QED) is 0.496. The lowest BCUT2D eigenvalue weighted by molar-refractivity contribution is -0.116. The molecule has 0 bridgehead atoms. The first-order chi connectivity index (χ1) is 4.47. The Bertz CT molecular complexity index is 95.2. The Hall–Kier alpha value is 0.270. The summed E-state index contributed by atoms with van der Waals surface area (Å²) in [5, 5.41) is 0. The van der Waals surface area contributed by atoms with Crippen molar-refractivity contribution in [2.45, 2.75) is 12.2 Å². The highest BCUT2D eigenvalue weighted by Crippen LogP contribution is 2.25. The Morgan fingerprint density at radius 2 is 1.56 bits per heavy atom. The minimum Gasteiger partial charge on any atom is -0.372 e. The summed E-state index contributed by atoms with van der Waals surface area (Å²) in [6, 6.07) is 0. The van der Waals surface area contributed by atoms with Crippen LogP contribution in [0.5, 0.6) is 0 Å². The fourth-order valence-corrected chi connectivity index (χ4v) is 2.45. The molecule has 2 aliphatic heterocycles. The summed E-state index contributed by atoms with van der Waals surface area (Å²) in [7, 11) is 0. The molecule has 2 saturated heterocycles. The molecule has 2 atom stereocenters. The molecule has 3 heteroatoms. The van der Waals surface area contributed by atoms with E-state index in [0.717, 1.165) is 24.7 Å². The lowest BCUT2D eigenvalue weighted by Crippen LogP contribution is -2.36. The summed E-state index contributed by atoms with van der Waals surface area (Å²) in [4.78, 5) is 0. The second-order valence-corrected chi connectivity index (χ2v) is 3.43. The van der Waals surface area contributed by atoms with Gasteiger partial charge in [0.15, 0.2) is 0 Å². The van der Waals surface area contributed by atoms with E-state index in [-0.39, 0.29) is 0 Å². The highest BCUT2D eigenvalue weighted by atomic mass is 32.2. The van der Waals surface area contributed by atoms with Gasteiger partial charge in [0, 0.05) is 11.5 Å². The molecule has 0 unspecified atom stereocenters. The fraction of sp³-hybridized carbons (Fsp3) is 1.00. The maximum Gasteiger partial charge on any atom is 0.0936 e. The van der Waals surface area contributed by atoms with Gasteiger partial charge >= 0.3 is 0 Å². The van der Waals surface area contributed by atoms with E-state index in [1.807, 2.05) is 11.8 Å². The number of thioether (sulfide) groups is 1. The largest absolute Gasteiger partial charge is 0.372 e. The molecule has 0 spiro atoms. The van der Waals surface area contributed by atoms with Crippen LogP contribution in [0.4, 0.5) is 0 Å². The van der Waals surface area contributed by atoms with Crippen LogP contribution < -0.4 is 0 Å². The number of ether oxygens (including phenoxy) is 2. The fourth-order valence-electron chi connectivity index (χ4n) is 1.22. The highest BCUT2D eigenvalue weighted by Gasteiger charge is 2.31. The second kappa shape index (κ2) is 2.48. The Kier molecular flexibility index (Phi) is 1.66. The Morgan fingerprint density at radius 3 is 2.11 bits per heavy atom. The lowest BCUT2D eigenvalue weighted by Gasteiger charge is -2.24. The summed E-state index contributed by atoms with van der Waals surface area (Å²) in [6.07, 6.45) is 0.812. The first-order valence-corrected chi connectivity index (χ1v) is 4.43. The van der Waals surface area contributed by atoms with E-state index in [1.165, 1.54) is 0 Å². The molecule has 0 N–H and O–H groups in total. The van der Waals surface area contributed by atoms with Crippen LogP contribution >= 0.6 is 11.8 Å². The second-order valence-electron chi connectivity index (χ2n) is 2.36. The van der Waals surface area contributed by atoms with Gasteiger partial charge < -0.3 is 9.47 Å². The van der Waals surface area contributed by atoms with Gasteiger partial charge in [0.2, 0.25) is 0 Å². The molecule has 2 aliphatic rings. The van der Waals surface area contributed by atoms with Crippen LogP contribution in [-0.4, -0.2) is 36.9 Å². The first kappa shape index (κ1) is 6.01. The van der Waals surface area contributed by atoms with Gasteiger partial charge in [-0.2, -0.15) is 11.8 Å². The summed E-state index contributed by atoms with van der Waals surface area (Å²) in [5.41, 5.74) is 0. The van der Waals surface area contributed by atoms with Crippen LogP contribution in [0.3, 0.4) is 0 Å². The molecular weight excluding hydrogens is 136 g/mol. The molecule has 2 nitrogen and oxygen atoms in total. The number of rotatable bonds is 0. The standard InChI is InChI=1S/C6H10O2S/c1-2-8-6-4-9-3-5(6)7-1/h5-6H,1-4H2/t5-,6+. The maximum atomic E-state index is 5.46. The van der Waals surface area contributed by atoms with Crippen LogP contribution in [0, 0.1) is 0 Å². The molecule has 0 aromatic rings. The predicted molar refractivity (Wildman–Crippen MR) is 36.8 cm³/mol. The van der Waals surface area contributed by atoms with E-state index < -0.39 is 0 Å². The van der Waals surface area contributed by atoms with E-state index in [0.29, 0.717) is 12.2 Å². The average Bonchev–Trinajstić information content (AvgIpc) is 2.33. The SMILES string of the molecule is C1CO[C@@H]2CSC[C@@H]2O1. The van der Waals surface area contributed by atoms with E-state index in [1.54, 1.807) is 0 Å². The number of fused-ring (bicyclic) bond motifs is 1. The van der Waals surface area contributed by atoms with Gasteiger partial charge in [-0.15, -0.1) is 0 Å². The average molecular weight is 146 g/mol. The minimum atomic E-state index is 0.406. The maximum absolute atomic E-state index is 5.46. The van der Waals surface area contributed by atoms with Crippen molar-refractivity contribution in [3.05, 3.63) is 0 Å². The molecule has 0 radical (unpaired) electrons. The molecule has 2 heterocycles.